The molecular weight excluding hydrogens is 308 g/mol. The molecular formula is C13H20N4O2S2. The summed E-state index contributed by atoms with van der Waals surface area (Å²) in [7, 11) is 3.51. The molecule has 1 amide bonds. The van der Waals surface area contributed by atoms with E-state index in [-0.39, 0.29) is 23.4 Å². The molecule has 0 radical (unpaired) electrons. The highest BCUT2D eigenvalue weighted by molar-refractivity contribution is 8.01. The van der Waals surface area contributed by atoms with E-state index in [1.54, 1.807) is 30.3 Å². The van der Waals surface area contributed by atoms with Crippen LogP contribution in [0.3, 0.4) is 0 Å². The maximum absolute atomic E-state index is 11.6. The molecule has 0 N–H and O–H groups in total. The molecule has 8 heteroatoms. The van der Waals surface area contributed by atoms with Gasteiger partial charge in [0.2, 0.25) is 11.0 Å². The molecule has 1 aromatic rings. The summed E-state index contributed by atoms with van der Waals surface area (Å²) in [6, 6.07) is 0. The smallest absolute Gasteiger partial charge is 0.248 e. The third-order valence-electron chi connectivity index (χ3n) is 3.86. The Bertz CT molecular complexity index is 528. The lowest BCUT2D eigenvalue weighted by atomic mass is 9.93. The van der Waals surface area contributed by atoms with Gasteiger partial charge in [0.15, 0.2) is 0 Å². The molecule has 2 saturated heterocycles. The Balaban J connectivity index is 1.47. The first-order valence-electron chi connectivity index (χ1n) is 6.98. The predicted octanol–water partition coefficient (Wildman–Crippen LogP) is 1.02. The molecule has 0 aromatic carbocycles. The van der Waals surface area contributed by atoms with Gasteiger partial charge in [-0.1, -0.05) is 11.3 Å². The van der Waals surface area contributed by atoms with Crippen molar-refractivity contribution in [2.24, 2.45) is 0 Å². The normalized spacial score (nSPS) is 23.4. The second-order valence-corrected chi connectivity index (χ2v) is 8.53. The summed E-state index contributed by atoms with van der Waals surface area (Å²) in [5, 5.41) is 10.3. The zero-order valence-corrected chi connectivity index (χ0v) is 14.2. The predicted molar refractivity (Wildman–Crippen MR) is 85.1 cm³/mol. The van der Waals surface area contributed by atoms with E-state index < -0.39 is 0 Å². The van der Waals surface area contributed by atoms with Gasteiger partial charge in [-0.3, -0.25) is 4.79 Å². The fourth-order valence-corrected chi connectivity index (χ4v) is 4.88. The van der Waals surface area contributed by atoms with Gasteiger partial charge in [-0.05, 0) is 13.3 Å². The van der Waals surface area contributed by atoms with Gasteiger partial charge in [-0.15, -0.1) is 22.0 Å². The minimum absolute atomic E-state index is 0.0283. The van der Waals surface area contributed by atoms with E-state index in [1.165, 1.54) is 0 Å². The Morgan fingerprint density at radius 1 is 1.48 bits per heavy atom. The molecule has 21 heavy (non-hydrogen) atoms. The van der Waals surface area contributed by atoms with Crippen molar-refractivity contribution in [3.8, 4) is 0 Å². The maximum Gasteiger partial charge on any atom is 0.248 e. The van der Waals surface area contributed by atoms with Gasteiger partial charge in [0.25, 0.3) is 0 Å². The third kappa shape index (κ3) is 3.17. The molecule has 1 spiro atoms. The Hall–Kier alpha value is -0.860. The molecule has 1 aromatic heterocycles. The van der Waals surface area contributed by atoms with E-state index in [0.717, 1.165) is 35.4 Å². The van der Waals surface area contributed by atoms with Gasteiger partial charge in [-0.2, -0.15) is 0 Å². The molecule has 3 rings (SSSR count). The Kier molecular flexibility index (Phi) is 4.11. The van der Waals surface area contributed by atoms with Crippen LogP contribution < -0.4 is 4.90 Å². The number of rotatable bonds is 4. The van der Waals surface area contributed by atoms with Crippen molar-refractivity contribution >= 4 is 34.1 Å². The number of thioether (sulfide) groups is 1. The number of aromatic nitrogens is 2. The third-order valence-corrected chi connectivity index (χ3v) is 6.34. The largest absolute Gasteiger partial charge is 0.367 e. The van der Waals surface area contributed by atoms with Crippen molar-refractivity contribution in [2.75, 3.05) is 44.4 Å². The summed E-state index contributed by atoms with van der Waals surface area (Å²) < 4.78 is 6.03. The topological polar surface area (TPSA) is 58.6 Å². The Morgan fingerprint density at radius 3 is 2.86 bits per heavy atom. The lowest BCUT2D eigenvalue weighted by molar-refractivity contribution is -0.135. The molecule has 6 nitrogen and oxygen atoms in total. The van der Waals surface area contributed by atoms with Crippen LogP contribution in [-0.4, -0.2) is 71.4 Å². The number of likely N-dealkylation sites (N-methyl/N-ethyl adjacent to an activating group) is 1. The molecule has 116 valence electrons. The van der Waals surface area contributed by atoms with E-state index in [4.69, 9.17) is 4.74 Å². The van der Waals surface area contributed by atoms with Crippen LogP contribution in [0.4, 0.5) is 5.13 Å². The molecule has 2 aliphatic heterocycles. The minimum Gasteiger partial charge on any atom is -0.367 e. The van der Waals surface area contributed by atoms with Crippen LogP contribution in [0.5, 0.6) is 0 Å². The summed E-state index contributed by atoms with van der Waals surface area (Å²) in [5.41, 5.74) is 0. The number of nitrogens with zero attached hydrogens (tertiary/aromatic N) is 4. The molecule has 2 fully saturated rings. The number of hydrogen-bond acceptors (Lipinski definition) is 7. The highest BCUT2D eigenvalue weighted by Crippen LogP contribution is 2.47. The number of carbonyl (C=O) groups is 1. The van der Waals surface area contributed by atoms with Gasteiger partial charge in [0, 0.05) is 32.9 Å². The van der Waals surface area contributed by atoms with Gasteiger partial charge >= 0.3 is 0 Å². The monoisotopic (exact) mass is 328 g/mol. The van der Waals surface area contributed by atoms with Gasteiger partial charge in [0.05, 0.1) is 10.9 Å². The molecule has 2 aliphatic rings. The molecule has 0 unspecified atom stereocenters. The van der Waals surface area contributed by atoms with E-state index in [9.17, 15) is 4.79 Å². The fraction of sp³-hybridized carbons (Fsp3) is 0.769. The zero-order valence-electron chi connectivity index (χ0n) is 12.5. The highest BCUT2D eigenvalue weighted by atomic mass is 32.2. The van der Waals surface area contributed by atoms with E-state index in [2.05, 4.69) is 15.1 Å². The first-order valence-corrected chi connectivity index (χ1v) is 8.78. The summed E-state index contributed by atoms with van der Waals surface area (Å²) in [4.78, 5) is 15.4. The number of amides is 1. The summed E-state index contributed by atoms with van der Waals surface area (Å²) in [6.07, 6.45) is 1.21. The number of ether oxygens (including phenoxy) is 1. The second kappa shape index (κ2) is 5.73. The van der Waals surface area contributed by atoms with E-state index >= 15 is 0 Å². The number of aryl methyl sites for hydroxylation is 1. The Morgan fingerprint density at radius 2 is 2.24 bits per heavy atom. The SMILES string of the molecule is Cc1nnc(N2CC3(C[C@@H](OCC(=O)N(C)C)CS3)C2)s1. The first-order chi connectivity index (χ1) is 9.97. The lowest BCUT2D eigenvalue weighted by Crippen LogP contribution is -2.59. The number of hydrogen-bond donors (Lipinski definition) is 0. The fourth-order valence-electron chi connectivity index (χ4n) is 2.65. The van der Waals surface area contributed by atoms with Crippen LogP contribution in [0.15, 0.2) is 0 Å². The Labute approximate surface area is 132 Å². The van der Waals surface area contributed by atoms with Crippen LogP contribution in [0, 0.1) is 6.92 Å². The van der Waals surface area contributed by atoms with Crippen molar-refractivity contribution in [1.29, 1.82) is 0 Å². The van der Waals surface area contributed by atoms with Gasteiger partial charge in [0.1, 0.15) is 11.6 Å². The zero-order chi connectivity index (χ0) is 15.0. The van der Waals surface area contributed by atoms with Crippen LogP contribution in [0.25, 0.3) is 0 Å². The molecule has 1 atom stereocenters. The summed E-state index contributed by atoms with van der Waals surface area (Å²) in [5.74, 6) is 1.00. The van der Waals surface area contributed by atoms with Crippen molar-refractivity contribution in [3.63, 3.8) is 0 Å². The van der Waals surface area contributed by atoms with E-state index in [1.807, 2.05) is 18.7 Å². The van der Waals surface area contributed by atoms with Gasteiger partial charge < -0.3 is 14.5 Å². The van der Waals surface area contributed by atoms with Crippen molar-refractivity contribution < 1.29 is 9.53 Å². The van der Waals surface area contributed by atoms with Crippen LogP contribution in [0.2, 0.25) is 0 Å². The van der Waals surface area contributed by atoms with Crippen molar-refractivity contribution in [1.82, 2.24) is 15.1 Å². The van der Waals surface area contributed by atoms with Crippen molar-refractivity contribution in [2.45, 2.75) is 24.2 Å². The molecule has 0 saturated carbocycles. The van der Waals surface area contributed by atoms with Crippen LogP contribution >= 0.6 is 23.1 Å². The van der Waals surface area contributed by atoms with Crippen LogP contribution in [0.1, 0.15) is 11.4 Å². The number of carbonyl (C=O) groups excluding carboxylic acids is 1. The second-order valence-electron chi connectivity index (χ2n) is 5.88. The summed E-state index contributed by atoms with van der Waals surface area (Å²) in [6.45, 7) is 4.18. The minimum atomic E-state index is 0.0283. The summed E-state index contributed by atoms with van der Waals surface area (Å²) >= 11 is 3.61. The highest BCUT2D eigenvalue weighted by Gasteiger charge is 2.50. The first kappa shape index (κ1) is 15.1. The quantitative estimate of drug-likeness (QED) is 0.822. The van der Waals surface area contributed by atoms with E-state index in [0.29, 0.717) is 0 Å². The lowest BCUT2D eigenvalue weighted by Gasteiger charge is -2.47. The van der Waals surface area contributed by atoms with Gasteiger partial charge in [-0.25, -0.2) is 0 Å². The number of anilines is 1. The standard InChI is InChI=1S/C13H20N4O2S2/c1-9-14-15-12(21-9)17-7-13(8-17)4-10(6-20-13)19-5-11(18)16(2)3/h10H,4-8H2,1-3H3/t10-/m1/s1. The van der Waals surface area contributed by atoms with Crippen molar-refractivity contribution in [3.05, 3.63) is 5.01 Å². The maximum atomic E-state index is 11.6. The molecule has 0 bridgehead atoms. The molecule has 3 heterocycles. The average molecular weight is 328 g/mol. The average Bonchev–Trinajstić information content (AvgIpc) is 3.00. The molecule has 0 aliphatic carbocycles. The van der Waals surface area contributed by atoms with Crippen LogP contribution in [-0.2, 0) is 9.53 Å².